The summed E-state index contributed by atoms with van der Waals surface area (Å²) in [4.78, 5) is 4.19. The third kappa shape index (κ3) is 4.93. The van der Waals surface area contributed by atoms with Crippen molar-refractivity contribution < 1.29 is 18.6 Å². The second kappa shape index (κ2) is 9.38. The van der Waals surface area contributed by atoms with Crippen molar-refractivity contribution in [2.24, 2.45) is 10.9 Å². The number of aliphatic imine (C=N–C) groups is 1. The maximum Gasteiger partial charge on any atom is 0.191 e. The van der Waals surface area contributed by atoms with Crippen LogP contribution >= 0.6 is 24.0 Å². The largest absolute Gasteiger partial charge is 0.467 e. The van der Waals surface area contributed by atoms with Gasteiger partial charge in [0.25, 0.3) is 0 Å². The summed E-state index contributed by atoms with van der Waals surface area (Å²) in [5, 5.41) is 6.47. The first kappa shape index (κ1) is 19.2. The highest BCUT2D eigenvalue weighted by molar-refractivity contribution is 14.0. The molecule has 2 heterocycles. The van der Waals surface area contributed by atoms with Gasteiger partial charge in [0.2, 0.25) is 0 Å². The molecule has 0 aliphatic carbocycles. The van der Waals surface area contributed by atoms with Crippen LogP contribution < -0.4 is 15.4 Å². The van der Waals surface area contributed by atoms with Crippen LogP contribution in [0.25, 0.3) is 0 Å². The number of fused-ring (bicyclic) bond motifs is 1. The Morgan fingerprint density at radius 2 is 2.21 bits per heavy atom. The second-order valence-corrected chi connectivity index (χ2v) is 5.70. The number of nitrogens with zero attached hydrogens (tertiary/aromatic N) is 1. The minimum absolute atomic E-state index is 0. The van der Waals surface area contributed by atoms with Gasteiger partial charge in [-0.25, -0.2) is 4.39 Å². The minimum atomic E-state index is -0.291. The van der Waals surface area contributed by atoms with Crippen molar-refractivity contribution in [2.45, 2.75) is 19.6 Å². The zero-order chi connectivity index (χ0) is 16.1. The van der Waals surface area contributed by atoms with E-state index in [4.69, 9.17) is 14.2 Å². The van der Waals surface area contributed by atoms with Crippen molar-refractivity contribution in [3.8, 4) is 5.75 Å². The molecule has 1 fully saturated rings. The maximum atomic E-state index is 13.7. The Hall–Kier alpha value is -1.13. The molecule has 6 nitrogen and oxygen atoms in total. The average Bonchev–Trinajstić information content (AvgIpc) is 3.08. The van der Waals surface area contributed by atoms with Crippen LogP contribution in [0, 0.1) is 11.7 Å². The SMILES string of the molecule is CN=C(NCc1cc(F)cc2c1OCOC2)NCC1CCOC1.I. The van der Waals surface area contributed by atoms with E-state index >= 15 is 0 Å². The first-order valence-electron chi connectivity index (χ1n) is 7.80. The Balaban J connectivity index is 0.00000208. The molecule has 0 spiro atoms. The predicted octanol–water partition coefficient (Wildman–Crippen LogP) is 2.01. The van der Waals surface area contributed by atoms with Gasteiger partial charge in [-0.15, -0.1) is 24.0 Å². The number of nitrogens with one attached hydrogen (secondary N) is 2. The summed E-state index contributed by atoms with van der Waals surface area (Å²) in [6, 6.07) is 2.93. The maximum absolute atomic E-state index is 13.7. The molecule has 0 bridgehead atoms. The molecule has 2 N–H and O–H groups in total. The third-order valence-electron chi connectivity index (χ3n) is 4.00. The van der Waals surface area contributed by atoms with Crippen LogP contribution in [0.5, 0.6) is 5.75 Å². The van der Waals surface area contributed by atoms with E-state index in [1.54, 1.807) is 7.05 Å². The summed E-state index contributed by atoms with van der Waals surface area (Å²) in [7, 11) is 1.71. The molecule has 2 aliphatic heterocycles. The molecule has 8 heteroatoms. The summed E-state index contributed by atoms with van der Waals surface area (Å²) < 4.78 is 29.8. The van der Waals surface area contributed by atoms with Gasteiger partial charge in [-0.05, 0) is 18.6 Å². The highest BCUT2D eigenvalue weighted by Crippen LogP contribution is 2.29. The quantitative estimate of drug-likeness (QED) is 0.417. The Labute approximate surface area is 158 Å². The van der Waals surface area contributed by atoms with Crippen LogP contribution in [0.15, 0.2) is 17.1 Å². The zero-order valence-corrected chi connectivity index (χ0v) is 16.0. The van der Waals surface area contributed by atoms with Gasteiger partial charge >= 0.3 is 0 Å². The lowest BCUT2D eigenvalue weighted by Gasteiger charge is -2.21. The standard InChI is InChI=1S/C16H22FN3O3.HI/c1-18-16(19-6-11-2-3-21-8-11)20-7-12-4-14(17)5-13-9-22-10-23-15(12)13;/h4-5,11H,2-3,6-10H2,1H3,(H2,18,19,20);1H. The third-order valence-corrected chi connectivity index (χ3v) is 4.00. The summed E-state index contributed by atoms with van der Waals surface area (Å²) in [5.41, 5.74) is 1.49. The van der Waals surface area contributed by atoms with Crippen LogP contribution in [0.1, 0.15) is 17.5 Å². The van der Waals surface area contributed by atoms with Crippen molar-refractivity contribution in [2.75, 3.05) is 33.6 Å². The van der Waals surface area contributed by atoms with Crippen molar-refractivity contribution in [3.05, 3.63) is 29.1 Å². The summed E-state index contributed by atoms with van der Waals surface area (Å²) in [6.45, 7) is 3.42. The topological polar surface area (TPSA) is 64.1 Å². The number of rotatable bonds is 4. The lowest BCUT2D eigenvalue weighted by molar-refractivity contribution is -0.0172. The summed E-state index contributed by atoms with van der Waals surface area (Å²) in [6.07, 6.45) is 1.06. The first-order valence-corrected chi connectivity index (χ1v) is 7.80. The fourth-order valence-corrected chi connectivity index (χ4v) is 2.77. The number of halogens is 2. The Kier molecular flexibility index (Phi) is 7.50. The zero-order valence-electron chi connectivity index (χ0n) is 13.6. The van der Waals surface area contributed by atoms with Crippen LogP contribution in [-0.2, 0) is 22.6 Å². The molecule has 134 valence electrons. The van der Waals surface area contributed by atoms with E-state index in [1.165, 1.54) is 12.1 Å². The van der Waals surface area contributed by atoms with Crippen molar-refractivity contribution in [1.82, 2.24) is 10.6 Å². The van der Waals surface area contributed by atoms with Crippen LogP contribution in [0.3, 0.4) is 0 Å². The number of guanidine groups is 1. The molecule has 1 atom stereocenters. The molecule has 1 aromatic carbocycles. The van der Waals surface area contributed by atoms with Gasteiger partial charge in [0, 0.05) is 43.8 Å². The number of ether oxygens (including phenoxy) is 3. The van der Waals surface area contributed by atoms with E-state index in [2.05, 4.69) is 15.6 Å². The fraction of sp³-hybridized carbons (Fsp3) is 0.562. The molecule has 1 unspecified atom stereocenters. The van der Waals surface area contributed by atoms with E-state index in [0.29, 0.717) is 30.8 Å². The highest BCUT2D eigenvalue weighted by atomic mass is 127. The smallest absolute Gasteiger partial charge is 0.191 e. The monoisotopic (exact) mass is 451 g/mol. The number of hydrogen-bond acceptors (Lipinski definition) is 4. The number of hydrogen-bond donors (Lipinski definition) is 2. The van der Waals surface area contributed by atoms with Crippen LogP contribution in [0.2, 0.25) is 0 Å². The molecule has 0 aromatic heterocycles. The van der Waals surface area contributed by atoms with Gasteiger partial charge in [-0.2, -0.15) is 0 Å². The van der Waals surface area contributed by atoms with Gasteiger partial charge in [0.15, 0.2) is 12.8 Å². The second-order valence-electron chi connectivity index (χ2n) is 5.70. The minimum Gasteiger partial charge on any atom is -0.467 e. The van der Waals surface area contributed by atoms with E-state index in [9.17, 15) is 4.39 Å². The van der Waals surface area contributed by atoms with Crippen molar-refractivity contribution in [1.29, 1.82) is 0 Å². The molecular weight excluding hydrogens is 428 g/mol. The molecule has 0 saturated carbocycles. The normalized spacial score (nSPS) is 19.9. The molecular formula is C16H23FIN3O3. The lowest BCUT2D eigenvalue weighted by atomic mass is 10.1. The Morgan fingerprint density at radius 3 is 2.96 bits per heavy atom. The van der Waals surface area contributed by atoms with E-state index in [-0.39, 0.29) is 36.6 Å². The number of benzene rings is 1. The fourth-order valence-electron chi connectivity index (χ4n) is 2.77. The Morgan fingerprint density at radius 1 is 1.33 bits per heavy atom. The van der Waals surface area contributed by atoms with Crippen LogP contribution in [0.4, 0.5) is 4.39 Å². The molecule has 0 radical (unpaired) electrons. The molecule has 1 aromatic rings. The molecule has 1 saturated heterocycles. The lowest BCUT2D eigenvalue weighted by Crippen LogP contribution is -2.39. The van der Waals surface area contributed by atoms with Gasteiger partial charge in [0.05, 0.1) is 13.2 Å². The highest BCUT2D eigenvalue weighted by Gasteiger charge is 2.18. The van der Waals surface area contributed by atoms with E-state index < -0.39 is 0 Å². The molecule has 0 amide bonds. The van der Waals surface area contributed by atoms with Gasteiger partial charge in [-0.1, -0.05) is 0 Å². The molecule has 3 rings (SSSR count). The predicted molar refractivity (Wildman–Crippen MR) is 99.2 cm³/mol. The van der Waals surface area contributed by atoms with Crippen molar-refractivity contribution in [3.63, 3.8) is 0 Å². The molecule has 2 aliphatic rings. The van der Waals surface area contributed by atoms with E-state index in [0.717, 1.165) is 37.3 Å². The summed E-state index contributed by atoms with van der Waals surface area (Å²) in [5.74, 6) is 1.60. The van der Waals surface area contributed by atoms with Crippen molar-refractivity contribution >= 4 is 29.9 Å². The van der Waals surface area contributed by atoms with Gasteiger partial charge < -0.3 is 24.8 Å². The molecule has 24 heavy (non-hydrogen) atoms. The Bertz CT molecular complexity index is 580. The first-order chi connectivity index (χ1) is 11.3. The summed E-state index contributed by atoms with van der Waals surface area (Å²) >= 11 is 0. The van der Waals surface area contributed by atoms with Gasteiger partial charge in [-0.3, -0.25) is 4.99 Å². The average molecular weight is 451 g/mol. The van der Waals surface area contributed by atoms with Crippen LogP contribution in [-0.4, -0.2) is 39.6 Å². The van der Waals surface area contributed by atoms with E-state index in [1.807, 2.05) is 0 Å². The van der Waals surface area contributed by atoms with Gasteiger partial charge in [0.1, 0.15) is 11.6 Å².